The first-order valence-corrected chi connectivity index (χ1v) is 7.77. The van der Waals surface area contributed by atoms with E-state index in [0.717, 1.165) is 24.8 Å². The third kappa shape index (κ3) is 4.12. The van der Waals surface area contributed by atoms with Crippen molar-refractivity contribution in [1.29, 1.82) is 0 Å². The van der Waals surface area contributed by atoms with E-state index >= 15 is 0 Å². The lowest BCUT2D eigenvalue weighted by molar-refractivity contribution is -0.137. The molecule has 0 aromatic heterocycles. The quantitative estimate of drug-likeness (QED) is 0.704. The minimum absolute atomic E-state index is 0.0249. The maximum Gasteiger partial charge on any atom is 0.317 e. The molecule has 0 saturated heterocycles. The Morgan fingerprint density at radius 1 is 1.25 bits per heavy atom. The normalized spacial score (nSPS) is 27.6. The highest BCUT2D eigenvalue weighted by Gasteiger charge is 2.39. The molecule has 0 spiro atoms. The first kappa shape index (κ1) is 15.1. The highest BCUT2D eigenvalue weighted by atomic mass is 16.4. The van der Waals surface area contributed by atoms with Crippen LogP contribution in [0.15, 0.2) is 0 Å². The molecular formula is C15H26N2O3. The minimum Gasteiger partial charge on any atom is -0.481 e. The zero-order chi connectivity index (χ0) is 14.5. The summed E-state index contributed by atoms with van der Waals surface area (Å²) in [4.78, 5) is 24.1. The van der Waals surface area contributed by atoms with Crippen LogP contribution in [0.25, 0.3) is 0 Å². The Balaban J connectivity index is 1.59. The molecule has 0 heterocycles. The molecule has 2 N–H and O–H groups in total. The van der Waals surface area contributed by atoms with Gasteiger partial charge in [0, 0.05) is 26.6 Å². The van der Waals surface area contributed by atoms with Crippen LogP contribution < -0.4 is 5.32 Å². The number of unbranched alkanes of at least 4 members (excludes halogenated alkanes) is 1. The number of aliphatic carboxylic acids is 1. The van der Waals surface area contributed by atoms with Gasteiger partial charge in [0.2, 0.25) is 0 Å². The topological polar surface area (TPSA) is 69.6 Å². The predicted octanol–water partition coefficient (Wildman–Crippen LogP) is 2.32. The molecule has 0 radical (unpaired) electrons. The Hall–Kier alpha value is -1.26. The van der Waals surface area contributed by atoms with Crippen molar-refractivity contribution in [2.24, 2.45) is 17.8 Å². The molecule has 2 aliphatic carbocycles. The monoisotopic (exact) mass is 282 g/mol. The van der Waals surface area contributed by atoms with Crippen LogP contribution in [0.1, 0.15) is 44.9 Å². The molecule has 3 unspecified atom stereocenters. The van der Waals surface area contributed by atoms with E-state index in [1.165, 1.54) is 25.7 Å². The van der Waals surface area contributed by atoms with E-state index in [4.69, 9.17) is 5.11 Å². The zero-order valence-electron chi connectivity index (χ0n) is 12.3. The van der Waals surface area contributed by atoms with Crippen LogP contribution in [0.5, 0.6) is 0 Å². The van der Waals surface area contributed by atoms with Gasteiger partial charge in [-0.3, -0.25) is 4.79 Å². The van der Waals surface area contributed by atoms with Gasteiger partial charge in [-0.2, -0.15) is 0 Å². The van der Waals surface area contributed by atoms with Crippen molar-refractivity contribution in [3.05, 3.63) is 0 Å². The molecule has 0 aromatic rings. The number of hydrogen-bond donors (Lipinski definition) is 2. The van der Waals surface area contributed by atoms with Gasteiger partial charge in [-0.05, 0) is 49.9 Å². The Morgan fingerprint density at radius 3 is 2.65 bits per heavy atom. The van der Waals surface area contributed by atoms with E-state index in [0.29, 0.717) is 18.9 Å². The van der Waals surface area contributed by atoms with E-state index in [9.17, 15) is 9.59 Å². The predicted molar refractivity (Wildman–Crippen MR) is 76.5 cm³/mol. The highest BCUT2D eigenvalue weighted by Crippen LogP contribution is 2.48. The lowest BCUT2D eigenvalue weighted by atomic mass is 9.88. The van der Waals surface area contributed by atoms with Gasteiger partial charge < -0.3 is 15.3 Å². The van der Waals surface area contributed by atoms with Crippen LogP contribution >= 0.6 is 0 Å². The van der Waals surface area contributed by atoms with Crippen LogP contribution in [0.2, 0.25) is 0 Å². The molecule has 2 amide bonds. The number of nitrogens with one attached hydrogen (secondary N) is 1. The van der Waals surface area contributed by atoms with Gasteiger partial charge in [-0.15, -0.1) is 0 Å². The number of urea groups is 1. The van der Waals surface area contributed by atoms with Crippen LogP contribution in [-0.2, 0) is 4.79 Å². The van der Waals surface area contributed by atoms with Crippen molar-refractivity contribution in [2.75, 3.05) is 20.1 Å². The summed E-state index contributed by atoms with van der Waals surface area (Å²) in [6.45, 7) is 1.43. The van der Waals surface area contributed by atoms with Gasteiger partial charge in [0.25, 0.3) is 0 Å². The van der Waals surface area contributed by atoms with Gasteiger partial charge in [-0.1, -0.05) is 6.42 Å². The molecule has 2 saturated carbocycles. The number of carboxylic acids is 1. The fourth-order valence-corrected chi connectivity index (χ4v) is 3.77. The molecule has 0 aliphatic heterocycles. The van der Waals surface area contributed by atoms with Crippen LogP contribution in [0.3, 0.4) is 0 Å². The number of carbonyl (C=O) groups excluding carboxylic acids is 1. The summed E-state index contributed by atoms with van der Waals surface area (Å²) in [6, 6.07) is -0.0249. The maximum atomic E-state index is 11.9. The van der Waals surface area contributed by atoms with E-state index in [2.05, 4.69) is 5.32 Å². The standard InChI is InChI=1S/C15H26N2O3/c1-17(10-13-9-11-5-6-12(13)8-11)15(20)16-7-3-2-4-14(18)19/h11-13H,2-10H2,1H3,(H,16,20)(H,18,19). The Labute approximate surface area is 120 Å². The molecule has 5 heteroatoms. The summed E-state index contributed by atoms with van der Waals surface area (Å²) < 4.78 is 0. The molecule has 114 valence electrons. The molecule has 2 fully saturated rings. The Kier molecular flexibility index (Phi) is 5.26. The summed E-state index contributed by atoms with van der Waals surface area (Å²) >= 11 is 0. The third-order valence-electron chi connectivity index (χ3n) is 4.83. The maximum absolute atomic E-state index is 11.9. The smallest absolute Gasteiger partial charge is 0.317 e. The molecule has 0 aromatic carbocycles. The highest BCUT2D eigenvalue weighted by molar-refractivity contribution is 5.73. The molecule has 2 rings (SSSR count). The second-order valence-corrected chi connectivity index (χ2v) is 6.40. The summed E-state index contributed by atoms with van der Waals surface area (Å²) in [6.07, 6.45) is 6.92. The summed E-state index contributed by atoms with van der Waals surface area (Å²) in [5, 5.41) is 11.4. The first-order valence-electron chi connectivity index (χ1n) is 7.77. The summed E-state index contributed by atoms with van der Waals surface area (Å²) in [5.41, 5.74) is 0. The molecule has 20 heavy (non-hydrogen) atoms. The van der Waals surface area contributed by atoms with E-state index in [-0.39, 0.29) is 12.5 Å². The molecular weight excluding hydrogens is 256 g/mol. The van der Waals surface area contributed by atoms with Crippen LogP contribution in [-0.4, -0.2) is 42.1 Å². The van der Waals surface area contributed by atoms with E-state index in [1.807, 2.05) is 7.05 Å². The van der Waals surface area contributed by atoms with Crippen molar-refractivity contribution >= 4 is 12.0 Å². The molecule has 2 aliphatic rings. The van der Waals surface area contributed by atoms with Crippen molar-refractivity contribution in [3.63, 3.8) is 0 Å². The number of rotatable bonds is 7. The lowest BCUT2D eigenvalue weighted by Crippen LogP contribution is -2.41. The van der Waals surface area contributed by atoms with Crippen LogP contribution in [0, 0.1) is 17.8 Å². The SMILES string of the molecule is CN(CC1CC2CCC1C2)C(=O)NCCCCC(=O)O. The minimum atomic E-state index is -0.773. The number of fused-ring (bicyclic) bond motifs is 2. The zero-order valence-corrected chi connectivity index (χ0v) is 12.3. The number of carbonyl (C=O) groups is 2. The average Bonchev–Trinajstić information content (AvgIpc) is 2.99. The summed E-state index contributed by atoms with van der Waals surface area (Å²) in [5.74, 6) is 1.67. The lowest BCUT2D eigenvalue weighted by Gasteiger charge is -2.27. The van der Waals surface area contributed by atoms with Crippen molar-refractivity contribution in [1.82, 2.24) is 10.2 Å². The van der Waals surface area contributed by atoms with Gasteiger partial charge in [0.1, 0.15) is 0 Å². The van der Waals surface area contributed by atoms with Crippen molar-refractivity contribution < 1.29 is 14.7 Å². The second kappa shape index (κ2) is 6.95. The molecule has 3 atom stereocenters. The number of carboxylic acid groups (broad SMARTS) is 1. The van der Waals surface area contributed by atoms with Crippen LogP contribution in [0.4, 0.5) is 4.79 Å². The summed E-state index contributed by atoms with van der Waals surface area (Å²) in [7, 11) is 1.86. The van der Waals surface area contributed by atoms with Crippen molar-refractivity contribution in [2.45, 2.75) is 44.9 Å². The van der Waals surface area contributed by atoms with Gasteiger partial charge in [0.05, 0.1) is 0 Å². The Bertz CT molecular complexity index is 359. The fraction of sp³-hybridized carbons (Fsp3) is 0.867. The number of hydrogen-bond acceptors (Lipinski definition) is 2. The van der Waals surface area contributed by atoms with Gasteiger partial charge in [0.15, 0.2) is 0 Å². The van der Waals surface area contributed by atoms with Gasteiger partial charge >= 0.3 is 12.0 Å². The Morgan fingerprint density at radius 2 is 2.05 bits per heavy atom. The molecule has 2 bridgehead atoms. The van der Waals surface area contributed by atoms with E-state index < -0.39 is 5.97 Å². The van der Waals surface area contributed by atoms with Gasteiger partial charge in [-0.25, -0.2) is 4.79 Å². The first-order chi connectivity index (χ1) is 9.56. The van der Waals surface area contributed by atoms with E-state index in [1.54, 1.807) is 4.90 Å². The third-order valence-corrected chi connectivity index (χ3v) is 4.83. The largest absolute Gasteiger partial charge is 0.481 e. The van der Waals surface area contributed by atoms with Crippen molar-refractivity contribution in [3.8, 4) is 0 Å². The molecule has 5 nitrogen and oxygen atoms in total. The number of amides is 2. The fourth-order valence-electron chi connectivity index (χ4n) is 3.77. The average molecular weight is 282 g/mol. The number of nitrogens with zero attached hydrogens (tertiary/aromatic N) is 1. The second-order valence-electron chi connectivity index (χ2n) is 6.40.